The highest BCUT2D eigenvalue weighted by molar-refractivity contribution is 7.89. The van der Waals surface area contributed by atoms with Crippen LogP contribution in [0.1, 0.15) is 50.5 Å². The van der Waals surface area contributed by atoms with E-state index in [4.69, 9.17) is 0 Å². The Kier molecular flexibility index (Phi) is 5.07. The van der Waals surface area contributed by atoms with Gasteiger partial charge in [-0.25, -0.2) is 12.8 Å². The molecule has 0 unspecified atom stereocenters. The van der Waals surface area contributed by atoms with E-state index >= 15 is 0 Å². The summed E-state index contributed by atoms with van der Waals surface area (Å²) in [6.45, 7) is 2.24. The van der Waals surface area contributed by atoms with Crippen LogP contribution in [0.15, 0.2) is 29.2 Å². The number of halogens is 1. The number of piperidine rings is 1. The monoisotopic (exact) mass is 339 g/mol. The second-order valence-electron chi connectivity index (χ2n) is 7.02. The SMILES string of the molecule is Cc1ccc(S(=O)(=O)N2CC[C@@H](F)C[C@@H]2C2CCCCC2)cc1. The Balaban J connectivity index is 1.89. The Morgan fingerprint density at radius 2 is 1.70 bits per heavy atom. The predicted octanol–water partition coefficient (Wildman–Crippen LogP) is 4.07. The molecule has 1 heterocycles. The fourth-order valence-corrected chi connectivity index (χ4v) is 5.73. The molecule has 0 spiro atoms. The Bertz CT molecular complexity index is 623. The Morgan fingerprint density at radius 1 is 1.04 bits per heavy atom. The zero-order chi connectivity index (χ0) is 16.4. The topological polar surface area (TPSA) is 37.4 Å². The lowest BCUT2D eigenvalue weighted by molar-refractivity contribution is 0.0993. The molecule has 1 aliphatic heterocycles. The van der Waals surface area contributed by atoms with Gasteiger partial charge in [0.15, 0.2) is 0 Å². The molecule has 1 aliphatic carbocycles. The van der Waals surface area contributed by atoms with Crippen LogP contribution in [0.2, 0.25) is 0 Å². The molecule has 1 aromatic rings. The molecule has 2 aliphatic rings. The molecule has 1 saturated heterocycles. The van der Waals surface area contributed by atoms with Crippen LogP contribution in [-0.2, 0) is 10.0 Å². The molecule has 3 nitrogen and oxygen atoms in total. The molecule has 23 heavy (non-hydrogen) atoms. The van der Waals surface area contributed by atoms with Gasteiger partial charge in [-0.15, -0.1) is 0 Å². The molecule has 0 bridgehead atoms. The highest BCUT2D eigenvalue weighted by Crippen LogP contribution is 2.37. The van der Waals surface area contributed by atoms with Gasteiger partial charge >= 0.3 is 0 Å². The number of hydrogen-bond acceptors (Lipinski definition) is 2. The molecule has 2 atom stereocenters. The molecule has 5 heteroatoms. The molecule has 1 saturated carbocycles. The van der Waals surface area contributed by atoms with Gasteiger partial charge in [-0.3, -0.25) is 0 Å². The number of sulfonamides is 1. The molecule has 128 valence electrons. The van der Waals surface area contributed by atoms with Crippen LogP contribution >= 0.6 is 0 Å². The zero-order valence-corrected chi connectivity index (χ0v) is 14.6. The quantitative estimate of drug-likeness (QED) is 0.832. The van der Waals surface area contributed by atoms with E-state index in [1.54, 1.807) is 16.4 Å². The molecule has 1 aromatic carbocycles. The first-order valence-electron chi connectivity index (χ1n) is 8.71. The zero-order valence-electron chi connectivity index (χ0n) is 13.7. The van der Waals surface area contributed by atoms with Crippen LogP contribution in [0.4, 0.5) is 4.39 Å². The summed E-state index contributed by atoms with van der Waals surface area (Å²) in [7, 11) is -3.53. The minimum absolute atomic E-state index is 0.176. The second kappa shape index (κ2) is 6.89. The fraction of sp³-hybridized carbons (Fsp3) is 0.667. The number of alkyl halides is 1. The van der Waals surface area contributed by atoms with Crippen molar-refractivity contribution >= 4 is 10.0 Å². The van der Waals surface area contributed by atoms with E-state index in [1.165, 1.54) is 6.42 Å². The van der Waals surface area contributed by atoms with E-state index in [1.807, 2.05) is 19.1 Å². The minimum Gasteiger partial charge on any atom is -0.247 e. The summed E-state index contributed by atoms with van der Waals surface area (Å²) >= 11 is 0. The van der Waals surface area contributed by atoms with Gasteiger partial charge in [-0.05, 0) is 50.7 Å². The van der Waals surface area contributed by atoms with Crippen LogP contribution in [-0.4, -0.2) is 31.5 Å². The van der Waals surface area contributed by atoms with Gasteiger partial charge in [0.1, 0.15) is 6.17 Å². The van der Waals surface area contributed by atoms with Gasteiger partial charge in [-0.1, -0.05) is 37.0 Å². The van der Waals surface area contributed by atoms with Crippen molar-refractivity contribution in [1.82, 2.24) is 4.31 Å². The number of rotatable bonds is 3. The molecule has 2 fully saturated rings. The maximum absolute atomic E-state index is 14.0. The Morgan fingerprint density at radius 3 is 2.35 bits per heavy atom. The lowest BCUT2D eigenvalue weighted by Gasteiger charge is -2.41. The number of nitrogens with zero attached hydrogens (tertiary/aromatic N) is 1. The third-order valence-electron chi connectivity index (χ3n) is 5.35. The number of aryl methyl sites for hydroxylation is 1. The van der Waals surface area contributed by atoms with E-state index in [-0.39, 0.29) is 6.04 Å². The van der Waals surface area contributed by atoms with E-state index in [9.17, 15) is 12.8 Å². The fourth-order valence-electron chi connectivity index (χ4n) is 4.02. The van der Waals surface area contributed by atoms with E-state index in [0.717, 1.165) is 31.2 Å². The van der Waals surface area contributed by atoms with Crippen molar-refractivity contribution in [2.45, 2.75) is 69.0 Å². The summed E-state index contributed by atoms with van der Waals surface area (Å²) in [6.07, 6.45) is 5.34. The first-order chi connectivity index (χ1) is 11.0. The van der Waals surface area contributed by atoms with Crippen molar-refractivity contribution in [2.75, 3.05) is 6.54 Å². The molecule has 0 radical (unpaired) electrons. The minimum atomic E-state index is -3.53. The van der Waals surface area contributed by atoms with Gasteiger partial charge < -0.3 is 0 Å². The van der Waals surface area contributed by atoms with Crippen molar-refractivity contribution in [3.05, 3.63) is 29.8 Å². The summed E-state index contributed by atoms with van der Waals surface area (Å²) in [5.41, 5.74) is 1.04. The smallest absolute Gasteiger partial charge is 0.243 e. The summed E-state index contributed by atoms with van der Waals surface area (Å²) in [4.78, 5) is 0.334. The van der Waals surface area contributed by atoms with Crippen molar-refractivity contribution in [3.63, 3.8) is 0 Å². The highest BCUT2D eigenvalue weighted by atomic mass is 32.2. The third-order valence-corrected chi connectivity index (χ3v) is 7.29. The normalized spacial score (nSPS) is 27.9. The van der Waals surface area contributed by atoms with E-state index in [2.05, 4.69) is 0 Å². The maximum Gasteiger partial charge on any atom is 0.243 e. The molecule has 0 aromatic heterocycles. The molecule has 0 amide bonds. The maximum atomic E-state index is 14.0. The summed E-state index contributed by atoms with van der Waals surface area (Å²) < 4.78 is 41.7. The van der Waals surface area contributed by atoms with Gasteiger partial charge in [-0.2, -0.15) is 4.31 Å². The van der Waals surface area contributed by atoms with Gasteiger partial charge in [0.2, 0.25) is 10.0 Å². The van der Waals surface area contributed by atoms with Gasteiger partial charge in [0.05, 0.1) is 4.90 Å². The largest absolute Gasteiger partial charge is 0.247 e. The molecule has 0 N–H and O–H groups in total. The molecule has 3 rings (SSSR count). The van der Waals surface area contributed by atoms with Crippen molar-refractivity contribution in [3.8, 4) is 0 Å². The lowest BCUT2D eigenvalue weighted by Crippen LogP contribution is -2.50. The van der Waals surface area contributed by atoms with Gasteiger partial charge in [0, 0.05) is 12.6 Å². The van der Waals surface area contributed by atoms with Crippen LogP contribution in [0.5, 0.6) is 0 Å². The first-order valence-corrected chi connectivity index (χ1v) is 10.1. The second-order valence-corrected chi connectivity index (χ2v) is 8.91. The average molecular weight is 339 g/mol. The Labute approximate surface area is 138 Å². The van der Waals surface area contributed by atoms with Crippen LogP contribution < -0.4 is 0 Å². The number of hydrogen-bond donors (Lipinski definition) is 0. The number of benzene rings is 1. The van der Waals surface area contributed by atoms with Crippen LogP contribution in [0, 0.1) is 12.8 Å². The van der Waals surface area contributed by atoms with E-state index < -0.39 is 16.2 Å². The van der Waals surface area contributed by atoms with Crippen molar-refractivity contribution < 1.29 is 12.8 Å². The average Bonchev–Trinajstić information content (AvgIpc) is 2.56. The first kappa shape index (κ1) is 16.9. The molecular weight excluding hydrogens is 313 g/mol. The van der Waals surface area contributed by atoms with Crippen molar-refractivity contribution in [1.29, 1.82) is 0 Å². The van der Waals surface area contributed by atoms with Crippen molar-refractivity contribution in [2.24, 2.45) is 5.92 Å². The lowest BCUT2D eigenvalue weighted by atomic mass is 9.80. The summed E-state index contributed by atoms with van der Waals surface area (Å²) in [5, 5.41) is 0. The van der Waals surface area contributed by atoms with Gasteiger partial charge in [0.25, 0.3) is 0 Å². The predicted molar refractivity (Wildman–Crippen MR) is 89.6 cm³/mol. The highest BCUT2D eigenvalue weighted by Gasteiger charge is 2.40. The van der Waals surface area contributed by atoms with Crippen LogP contribution in [0.25, 0.3) is 0 Å². The third kappa shape index (κ3) is 3.61. The summed E-state index contributed by atoms with van der Waals surface area (Å²) in [6, 6.07) is 6.81. The standard InChI is InChI=1S/C18H26FNO2S/c1-14-7-9-17(10-8-14)23(21,22)20-12-11-16(19)13-18(20)15-5-3-2-4-6-15/h7-10,15-16,18H,2-6,11-13H2,1H3/t16-,18-/m1/s1. The summed E-state index contributed by atoms with van der Waals surface area (Å²) in [5.74, 6) is 0.308. The van der Waals surface area contributed by atoms with Crippen LogP contribution in [0.3, 0.4) is 0 Å². The molecular formula is C18H26FNO2S. The Hall–Kier alpha value is -0.940. The van der Waals surface area contributed by atoms with E-state index in [0.29, 0.717) is 30.2 Å².